The highest BCUT2D eigenvalue weighted by atomic mass is 127. The summed E-state index contributed by atoms with van der Waals surface area (Å²) >= 11 is 1.84. The smallest absolute Gasteiger partial charge is 0.191 e. The Hall–Kier alpha value is 0.310. The van der Waals surface area contributed by atoms with Crippen LogP contribution in [0.3, 0.4) is 0 Å². The zero-order valence-corrected chi connectivity index (χ0v) is 16.0. The molecule has 1 aliphatic rings. The van der Waals surface area contributed by atoms with Gasteiger partial charge in [-0.15, -0.1) is 24.0 Å². The van der Waals surface area contributed by atoms with E-state index >= 15 is 0 Å². The normalized spacial score (nSPS) is 16.0. The molecule has 0 unspecified atom stereocenters. The van der Waals surface area contributed by atoms with E-state index in [9.17, 15) is 0 Å². The van der Waals surface area contributed by atoms with Gasteiger partial charge in [0.1, 0.15) is 0 Å². The lowest BCUT2D eigenvalue weighted by Gasteiger charge is -2.12. The number of thioether (sulfide) groups is 1. The Morgan fingerprint density at radius 1 is 1.30 bits per heavy atom. The molecular formula is C14H30IN3OS. The van der Waals surface area contributed by atoms with Crippen molar-refractivity contribution in [3.63, 3.8) is 0 Å². The number of halogens is 1. The number of guanidine groups is 1. The van der Waals surface area contributed by atoms with E-state index < -0.39 is 0 Å². The van der Waals surface area contributed by atoms with Gasteiger partial charge in [-0.2, -0.15) is 11.8 Å². The van der Waals surface area contributed by atoms with Gasteiger partial charge in [-0.25, -0.2) is 0 Å². The fraction of sp³-hybridized carbons (Fsp3) is 0.929. The van der Waals surface area contributed by atoms with Gasteiger partial charge in [-0.3, -0.25) is 4.99 Å². The van der Waals surface area contributed by atoms with Crippen LogP contribution >= 0.6 is 35.7 Å². The minimum Gasteiger partial charge on any atom is -0.378 e. The first-order chi connectivity index (χ1) is 9.36. The van der Waals surface area contributed by atoms with E-state index in [0.29, 0.717) is 6.10 Å². The van der Waals surface area contributed by atoms with Crippen molar-refractivity contribution >= 4 is 41.7 Å². The predicted octanol–water partition coefficient (Wildman–Crippen LogP) is 2.87. The van der Waals surface area contributed by atoms with Gasteiger partial charge < -0.3 is 15.4 Å². The van der Waals surface area contributed by atoms with Crippen LogP contribution in [0.4, 0.5) is 0 Å². The van der Waals surface area contributed by atoms with Gasteiger partial charge >= 0.3 is 0 Å². The molecule has 120 valence electrons. The standard InChI is InChI=1S/C14H29N3OS.HI/c1-3-15-14(17-10-12-19-2)16-9-6-11-18-13-7-4-5-8-13;/h13H,3-12H2,1-2H3,(H2,15,16,17);1H. The molecule has 4 nitrogen and oxygen atoms in total. The first-order valence-corrected chi connectivity index (χ1v) is 8.89. The summed E-state index contributed by atoms with van der Waals surface area (Å²) < 4.78 is 5.83. The molecule has 6 heteroatoms. The first kappa shape index (κ1) is 20.3. The van der Waals surface area contributed by atoms with Gasteiger partial charge in [0, 0.05) is 32.0 Å². The number of nitrogens with one attached hydrogen (secondary N) is 2. The largest absolute Gasteiger partial charge is 0.378 e. The maximum Gasteiger partial charge on any atom is 0.191 e. The number of nitrogens with zero attached hydrogens (tertiary/aromatic N) is 1. The quantitative estimate of drug-likeness (QED) is 0.263. The zero-order valence-electron chi connectivity index (χ0n) is 12.8. The molecule has 0 atom stereocenters. The Labute approximate surface area is 145 Å². The summed E-state index contributed by atoms with van der Waals surface area (Å²) in [5.41, 5.74) is 0. The van der Waals surface area contributed by atoms with E-state index in [4.69, 9.17) is 4.74 Å². The number of ether oxygens (including phenoxy) is 1. The van der Waals surface area contributed by atoms with Crippen LogP contribution in [0.5, 0.6) is 0 Å². The minimum atomic E-state index is 0. The number of rotatable bonds is 9. The molecule has 2 N–H and O–H groups in total. The third kappa shape index (κ3) is 10.1. The second-order valence-electron chi connectivity index (χ2n) is 4.81. The molecule has 0 heterocycles. The lowest BCUT2D eigenvalue weighted by Crippen LogP contribution is -2.38. The SMILES string of the molecule is CCNC(=NCCCOC1CCCC1)NCCSC.I. The molecule has 0 aliphatic heterocycles. The molecule has 0 aromatic rings. The van der Waals surface area contributed by atoms with Gasteiger partial charge in [-0.1, -0.05) is 12.8 Å². The van der Waals surface area contributed by atoms with Crippen LogP contribution in [0.2, 0.25) is 0 Å². The molecular weight excluding hydrogens is 385 g/mol. The van der Waals surface area contributed by atoms with E-state index in [-0.39, 0.29) is 24.0 Å². The molecule has 1 fully saturated rings. The van der Waals surface area contributed by atoms with Crippen molar-refractivity contribution in [1.29, 1.82) is 0 Å². The maximum atomic E-state index is 5.83. The minimum absolute atomic E-state index is 0. The van der Waals surface area contributed by atoms with Gasteiger partial charge in [0.25, 0.3) is 0 Å². The van der Waals surface area contributed by atoms with Crippen LogP contribution in [0.15, 0.2) is 4.99 Å². The monoisotopic (exact) mass is 415 g/mol. The summed E-state index contributed by atoms with van der Waals surface area (Å²) in [5.74, 6) is 2.03. The van der Waals surface area contributed by atoms with E-state index in [1.54, 1.807) is 0 Å². The Morgan fingerprint density at radius 2 is 2.05 bits per heavy atom. The van der Waals surface area contributed by atoms with Crippen molar-refractivity contribution in [1.82, 2.24) is 10.6 Å². The second-order valence-corrected chi connectivity index (χ2v) is 5.80. The molecule has 0 saturated heterocycles. The van der Waals surface area contributed by atoms with Crippen molar-refractivity contribution in [2.45, 2.75) is 45.1 Å². The van der Waals surface area contributed by atoms with E-state index in [2.05, 4.69) is 28.8 Å². The van der Waals surface area contributed by atoms with E-state index in [1.165, 1.54) is 25.7 Å². The van der Waals surface area contributed by atoms with Gasteiger partial charge in [0.15, 0.2) is 5.96 Å². The van der Waals surface area contributed by atoms with Crippen molar-refractivity contribution in [2.75, 3.05) is 38.2 Å². The van der Waals surface area contributed by atoms with Crippen LogP contribution in [-0.4, -0.2) is 50.3 Å². The van der Waals surface area contributed by atoms with E-state index in [1.807, 2.05) is 11.8 Å². The van der Waals surface area contributed by atoms with Crippen LogP contribution in [0.25, 0.3) is 0 Å². The molecule has 0 spiro atoms. The maximum absolute atomic E-state index is 5.83. The summed E-state index contributed by atoms with van der Waals surface area (Å²) in [7, 11) is 0. The average molecular weight is 415 g/mol. The van der Waals surface area contributed by atoms with Crippen molar-refractivity contribution in [3.05, 3.63) is 0 Å². The van der Waals surface area contributed by atoms with Gasteiger partial charge in [-0.05, 0) is 32.4 Å². The van der Waals surface area contributed by atoms with Crippen molar-refractivity contribution in [3.8, 4) is 0 Å². The summed E-state index contributed by atoms with van der Waals surface area (Å²) in [4.78, 5) is 4.55. The molecule has 20 heavy (non-hydrogen) atoms. The zero-order chi connectivity index (χ0) is 13.8. The molecule has 0 amide bonds. The fourth-order valence-corrected chi connectivity index (χ4v) is 2.48. The fourth-order valence-electron chi connectivity index (χ4n) is 2.17. The first-order valence-electron chi connectivity index (χ1n) is 7.49. The topological polar surface area (TPSA) is 45.7 Å². The third-order valence-corrected chi connectivity index (χ3v) is 3.78. The molecule has 0 aromatic carbocycles. The molecule has 1 rings (SSSR count). The van der Waals surface area contributed by atoms with Crippen LogP contribution in [-0.2, 0) is 4.74 Å². The van der Waals surface area contributed by atoms with Gasteiger partial charge in [0.05, 0.1) is 6.10 Å². The summed E-state index contributed by atoms with van der Waals surface area (Å²) in [6.45, 7) is 5.64. The number of hydrogen-bond donors (Lipinski definition) is 2. The summed E-state index contributed by atoms with van der Waals surface area (Å²) in [6.07, 6.45) is 8.84. The third-order valence-electron chi connectivity index (χ3n) is 3.17. The molecule has 0 bridgehead atoms. The molecule has 1 saturated carbocycles. The molecule has 1 aliphatic carbocycles. The second kappa shape index (κ2) is 14.3. The van der Waals surface area contributed by atoms with Crippen LogP contribution in [0.1, 0.15) is 39.0 Å². The average Bonchev–Trinajstić information content (AvgIpc) is 2.91. The van der Waals surface area contributed by atoms with Crippen LogP contribution < -0.4 is 10.6 Å². The van der Waals surface area contributed by atoms with Crippen molar-refractivity contribution < 1.29 is 4.74 Å². The number of hydrogen-bond acceptors (Lipinski definition) is 3. The summed E-state index contributed by atoms with van der Waals surface area (Å²) in [5, 5.41) is 6.59. The van der Waals surface area contributed by atoms with Crippen molar-refractivity contribution in [2.24, 2.45) is 4.99 Å². The summed E-state index contributed by atoms with van der Waals surface area (Å²) in [6, 6.07) is 0. The Morgan fingerprint density at radius 3 is 2.70 bits per heavy atom. The predicted molar refractivity (Wildman–Crippen MR) is 101 cm³/mol. The van der Waals surface area contributed by atoms with Gasteiger partial charge in [0.2, 0.25) is 0 Å². The Bertz CT molecular complexity index is 249. The number of aliphatic imine (C=N–C) groups is 1. The van der Waals surface area contributed by atoms with E-state index in [0.717, 1.165) is 44.4 Å². The Balaban J connectivity index is 0.00000361. The lowest BCUT2D eigenvalue weighted by molar-refractivity contribution is 0.0579. The molecule has 0 aromatic heterocycles. The Kier molecular flexibility index (Phi) is 14.5. The lowest BCUT2D eigenvalue weighted by atomic mass is 10.3. The molecule has 0 radical (unpaired) electrons. The highest BCUT2D eigenvalue weighted by Gasteiger charge is 2.14. The van der Waals surface area contributed by atoms with Crippen LogP contribution in [0, 0.1) is 0 Å². The highest BCUT2D eigenvalue weighted by Crippen LogP contribution is 2.20. The highest BCUT2D eigenvalue weighted by molar-refractivity contribution is 14.0.